The SMILES string of the molecule is CCc1nc2cc(C[SH](=O)=O)c(Cl)cc2n1-c1ccc(CCNC(=O)NS(=O)(=O)c2ccc(CN)cc2)cc1. The number of fused-ring (bicyclic) bond motifs is 1. The highest BCUT2D eigenvalue weighted by Gasteiger charge is 2.18. The molecule has 0 spiro atoms. The molecule has 206 valence electrons. The van der Waals surface area contributed by atoms with E-state index in [1.807, 2.05) is 40.5 Å². The fraction of sp³-hybridized carbons (Fsp3) is 0.231. The van der Waals surface area contributed by atoms with Gasteiger partial charge in [0.25, 0.3) is 10.0 Å². The zero-order chi connectivity index (χ0) is 28.2. The highest BCUT2D eigenvalue weighted by Crippen LogP contribution is 2.28. The van der Waals surface area contributed by atoms with Crippen LogP contribution in [0.3, 0.4) is 0 Å². The number of nitrogens with zero attached hydrogens (tertiary/aromatic N) is 2. The largest absolute Gasteiger partial charge is 0.337 e. The first-order valence-corrected chi connectivity index (χ1v) is 15.3. The molecule has 0 fully saturated rings. The third kappa shape index (κ3) is 6.77. The molecule has 0 aliphatic carbocycles. The second kappa shape index (κ2) is 12.2. The lowest BCUT2D eigenvalue weighted by atomic mass is 10.1. The van der Waals surface area contributed by atoms with Crippen LogP contribution in [0.15, 0.2) is 65.6 Å². The predicted octanol–water partition coefficient (Wildman–Crippen LogP) is 3.04. The molecule has 0 saturated heterocycles. The van der Waals surface area contributed by atoms with E-state index in [0.29, 0.717) is 28.9 Å². The normalized spacial score (nSPS) is 11.7. The number of imidazole rings is 1. The Balaban J connectivity index is 1.41. The first-order chi connectivity index (χ1) is 18.6. The highest BCUT2D eigenvalue weighted by molar-refractivity contribution is 7.90. The molecular formula is C26H28ClN5O5S2. The molecule has 4 N–H and O–H groups in total. The van der Waals surface area contributed by atoms with Crippen molar-refractivity contribution in [3.05, 3.63) is 88.2 Å². The number of nitrogens with one attached hydrogen (secondary N) is 2. The number of aromatic nitrogens is 2. The molecule has 4 rings (SSSR count). The Morgan fingerprint density at radius 1 is 1.05 bits per heavy atom. The van der Waals surface area contributed by atoms with E-state index in [2.05, 4.69) is 10.3 Å². The van der Waals surface area contributed by atoms with Gasteiger partial charge in [0.1, 0.15) is 16.5 Å². The van der Waals surface area contributed by atoms with Gasteiger partial charge in [-0.2, -0.15) is 0 Å². The predicted molar refractivity (Wildman–Crippen MR) is 151 cm³/mol. The van der Waals surface area contributed by atoms with Crippen LogP contribution in [0.2, 0.25) is 5.02 Å². The topological polar surface area (TPSA) is 153 Å². The number of halogens is 1. The third-order valence-electron chi connectivity index (χ3n) is 6.10. The van der Waals surface area contributed by atoms with E-state index in [1.54, 1.807) is 24.3 Å². The molecule has 0 unspecified atom stereocenters. The summed E-state index contributed by atoms with van der Waals surface area (Å²) >= 11 is 6.36. The Labute approximate surface area is 233 Å². The van der Waals surface area contributed by atoms with Crippen LogP contribution in [-0.2, 0) is 45.9 Å². The number of nitrogens with two attached hydrogens (primary N) is 1. The second-order valence-corrected chi connectivity index (χ2v) is 11.8. The number of hydrogen-bond donors (Lipinski definition) is 4. The summed E-state index contributed by atoms with van der Waals surface area (Å²) < 4.78 is 51.2. The first-order valence-electron chi connectivity index (χ1n) is 12.1. The molecule has 0 saturated carbocycles. The maximum atomic E-state index is 12.4. The maximum absolute atomic E-state index is 12.4. The summed E-state index contributed by atoms with van der Waals surface area (Å²) in [5.41, 5.74) is 10.0. The molecule has 0 atom stereocenters. The maximum Gasteiger partial charge on any atom is 0.328 e. The van der Waals surface area contributed by atoms with E-state index in [9.17, 15) is 21.6 Å². The Morgan fingerprint density at radius 3 is 2.33 bits per heavy atom. The Bertz CT molecular complexity index is 1670. The number of sulfonamides is 1. The lowest BCUT2D eigenvalue weighted by Gasteiger charge is -2.11. The molecule has 0 aliphatic rings. The number of hydrogen-bond acceptors (Lipinski definition) is 7. The molecule has 0 radical (unpaired) electrons. The summed E-state index contributed by atoms with van der Waals surface area (Å²) in [5.74, 6) is 0.655. The van der Waals surface area contributed by atoms with Gasteiger partial charge in [0.2, 0.25) is 0 Å². The third-order valence-corrected chi connectivity index (χ3v) is 8.40. The van der Waals surface area contributed by atoms with Crippen molar-refractivity contribution < 1.29 is 21.6 Å². The molecule has 1 aromatic heterocycles. The lowest BCUT2D eigenvalue weighted by Crippen LogP contribution is -2.40. The average Bonchev–Trinajstić information content (AvgIpc) is 3.26. The number of benzene rings is 3. The van der Waals surface area contributed by atoms with Crippen LogP contribution in [0.4, 0.5) is 4.79 Å². The minimum atomic E-state index is -4.00. The minimum absolute atomic E-state index is 0.0257. The quantitative estimate of drug-likeness (QED) is 0.207. The van der Waals surface area contributed by atoms with E-state index in [4.69, 9.17) is 17.3 Å². The molecule has 13 heteroatoms. The van der Waals surface area contributed by atoms with E-state index in [1.165, 1.54) is 12.1 Å². The van der Waals surface area contributed by atoms with Gasteiger partial charge < -0.3 is 11.1 Å². The van der Waals surface area contributed by atoms with Crippen molar-refractivity contribution in [2.24, 2.45) is 5.73 Å². The Morgan fingerprint density at radius 2 is 1.72 bits per heavy atom. The van der Waals surface area contributed by atoms with Gasteiger partial charge in [-0.15, -0.1) is 0 Å². The van der Waals surface area contributed by atoms with Crippen LogP contribution < -0.4 is 15.8 Å². The highest BCUT2D eigenvalue weighted by atomic mass is 35.5. The van der Waals surface area contributed by atoms with Gasteiger partial charge in [-0.1, -0.05) is 42.8 Å². The van der Waals surface area contributed by atoms with E-state index < -0.39 is 26.8 Å². The first kappa shape index (κ1) is 28.6. The average molecular weight is 590 g/mol. The van der Waals surface area contributed by atoms with Gasteiger partial charge in [0, 0.05) is 30.2 Å². The van der Waals surface area contributed by atoms with Crippen molar-refractivity contribution in [2.75, 3.05) is 6.54 Å². The molecule has 4 aromatic rings. The standard InChI is InChI=1S/C26H28ClN5O5S2/c1-2-25-30-23-13-19(16-38(34)35)22(27)14-24(23)32(25)20-7-3-17(4-8-20)11-12-29-26(33)31-39(36,37)21-9-5-18(15-28)6-10-21/h3-10,13-14,38H,2,11-12,15-16,28H2,1H3,(H2,29,31,33). The zero-order valence-corrected chi connectivity index (χ0v) is 23.5. The molecule has 0 aliphatic heterocycles. The van der Waals surface area contributed by atoms with Gasteiger partial charge in [0.05, 0.1) is 21.7 Å². The van der Waals surface area contributed by atoms with Crippen molar-refractivity contribution in [1.82, 2.24) is 19.6 Å². The smallest absolute Gasteiger partial charge is 0.328 e. The van der Waals surface area contributed by atoms with Gasteiger partial charge in [-0.05, 0) is 59.5 Å². The minimum Gasteiger partial charge on any atom is -0.337 e. The van der Waals surface area contributed by atoms with Crippen LogP contribution in [0.1, 0.15) is 29.4 Å². The Hall–Kier alpha value is -3.45. The van der Waals surface area contributed by atoms with Gasteiger partial charge >= 0.3 is 6.03 Å². The summed E-state index contributed by atoms with van der Waals surface area (Å²) in [5, 5.41) is 2.93. The summed E-state index contributed by atoms with van der Waals surface area (Å²) in [4.78, 5) is 16.8. The molecule has 10 nitrogen and oxygen atoms in total. The molecule has 3 aromatic carbocycles. The Kier molecular flexibility index (Phi) is 8.90. The number of thiol groups is 1. The van der Waals surface area contributed by atoms with Gasteiger partial charge in [-0.3, -0.25) is 4.57 Å². The van der Waals surface area contributed by atoms with E-state index in [-0.39, 0.29) is 23.7 Å². The van der Waals surface area contributed by atoms with Crippen LogP contribution in [0.25, 0.3) is 16.7 Å². The van der Waals surface area contributed by atoms with Crippen molar-refractivity contribution >= 4 is 49.4 Å². The van der Waals surface area contributed by atoms with Crippen LogP contribution in [-0.4, -0.2) is 39.0 Å². The van der Waals surface area contributed by atoms with Crippen molar-refractivity contribution in [3.8, 4) is 5.69 Å². The monoisotopic (exact) mass is 589 g/mol. The number of urea groups is 1. The summed E-state index contributed by atoms with van der Waals surface area (Å²) in [7, 11) is -6.61. The number of carbonyl (C=O) groups excluding carboxylic acids is 1. The zero-order valence-electron chi connectivity index (χ0n) is 21.1. The fourth-order valence-corrected chi connectivity index (χ4v) is 5.92. The van der Waals surface area contributed by atoms with Crippen LogP contribution in [0, 0.1) is 0 Å². The molecule has 0 bridgehead atoms. The van der Waals surface area contributed by atoms with Crippen molar-refractivity contribution in [2.45, 2.75) is 37.0 Å². The van der Waals surface area contributed by atoms with Gasteiger partial charge in [-0.25, -0.2) is 31.3 Å². The number of rotatable bonds is 10. The van der Waals surface area contributed by atoms with Crippen LogP contribution >= 0.6 is 11.6 Å². The molecule has 39 heavy (non-hydrogen) atoms. The van der Waals surface area contributed by atoms with Gasteiger partial charge in [0.15, 0.2) is 0 Å². The second-order valence-electron chi connectivity index (χ2n) is 8.77. The summed E-state index contributed by atoms with van der Waals surface area (Å²) in [6, 6.07) is 16.3. The van der Waals surface area contributed by atoms with E-state index >= 15 is 0 Å². The molecular weight excluding hydrogens is 562 g/mol. The molecule has 2 amide bonds. The van der Waals surface area contributed by atoms with E-state index in [0.717, 1.165) is 28.2 Å². The number of amides is 2. The summed E-state index contributed by atoms with van der Waals surface area (Å²) in [6.07, 6.45) is 1.13. The van der Waals surface area contributed by atoms with Crippen molar-refractivity contribution in [3.63, 3.8) is 0 Å². The van der Waals surface area contributed by atoms with Crippen LogP contribution in [0.5, 0.6) is 0 Å². The molecule has 1 heterocycles. The lowest BCUT2D eigenvalue weighted by molar-refractivity contribution is 0.246. The fourth-order valence-electron chi connectivity index (χ4n) is 4.13. The van der Waals surface area contributed by atoms with Crippen molar-refractivity contribution in [1.29, 1.82) is 0 Å². The number of carbonyl (C=O) groups is 1. The number of aryl methyl sites for hydroxylation is 1. The summed E-state index contributed by atoms with van der Waals surface area (Å²) in [6.45, 7) is 2.49.